The van der Waals surface area contributed by atoms with Crippen LogP contribution in [0.4, 0.5) is 0 Å². The van der Waals surface area contributed by atoms with Crippen LogP contribution in [0, 0.1) is 0 Å². The third-order valence-electron chi connectivity index (χ3n) is 0.338. The van der Waals surface area contributed by atoms with Crippen molar-refractivity contribution in [3.05, 3.63) is 0 Å². The Morgan fingerprint density at radius 3 is 2.20 bits per heavy atom. The standard InChI is InChI=1S/C3H8IN/c4-2-1-3-5/h1-3,5H2. The molecule has 0 unspecified atom stereocenters. The van der Waals surface area contributed by atoms with E-state index in [4.69, 9.17) is 5.73 Å². The van der Waals surface area contributed by atoms with Gasteiger partial charge in [-0.1, -0.05) is 22.6 Å². The Balaban J connectivity index is 2.19. The van der Waals surface area contributed by atoms with E-state index in [0.29, 0.717) is 0 Å². The van der Waals surface area contributed by atoms with Gasteiger partial charge in [-0.3, -0.25) is 0 Å². The molecule has 2 heteroatoms. The fourth-order valence-electron chi connectivity index (χ4n) is 0.0772. The van der Waals surface area contributed by atoms with Gasteiger partial charge >= 0.3 is 0 Å². The Morgan fingerprint density at radius 1 is 1.60 bits per heavy atom. The highest BCUT2D eigenvalue weighted by Crippen LogP contribution is 1.81. The van der Waals surface area contributed by atoms with Crippen LogP contribution in [0.2, 0.25) is 0 Å². The SMILES string of the molecule is NCCCI. The van der Waals surface area contributed by atoms with Crippen molar-refractivity contribution in [1.82, 2.24) is 0 Å². The number of hydrogen-bond donors (Lipinski definition) is 1. The molecule has 0 bridgehead atoms. The van der Waals surface area contributed by atoms with E-state index in [1.165, 1.54) is 4.43 Å². The summed E-state index contributed by atoms with van der Waals surface area (Å²) in [4.78, 5) is 0. The minimum Gasteiger partial charge on any atom is -0.330 e. The van der Waals surface area contributed by atoms with E-state index in [0.717, 1.165) is 13.0 Å². The van der Waals surface area contributed by atoms with E-state index in [2.05, 4.69) is 22.6 Å². The molecule has 0 aliphatic carbocycles. The average molecular weight is 185 g/mol. The number of halogens is 1. The summed E-state index contributed by atoms with van der Waals surface area (Å²) in [6.45, 7) is 0.836. The Bertz CT molecular complexity index is 14.4. The summed E-state index contributed by atoms with van der Waals surface area (Å²) < 4.78 is 1.19. The van der Waals surface area contributed by atoms with Crippen LogP contribution in [0.3, 0.4) is 0 Å². The van der Waals surface area contributed by atoms with Gasteiger partial charge in [0.25, 0.3) is 0 Å². The lowest BCUT2D eigenvalue weighted by molar-refractivity contribution is 0.955. The summed E-state index contributed by atoms with van der Waals surface area (Å²) in [7, 11) is 0. The van der Waals surface area contributed by atoms with E-state index in [1.54, 1.807) is 0 Å². The molecule has 0 aromatic carbocycles. The summed E-state index contributed by atoms with van der Waals surface area (Å²) in [5.74, 6) is 0. The highest BCUT2D eigenvalue weighted by molar-refractivity contribution is 14.1. The second-order valence-electron chi connectivity index (χ2n) is 0.831. The molecule has 0 atom stereocenters. The highest BCUT2D eigenvalue weighted by Gasteiger charge is 1.69. The zero-order valence-electron chi connectivity index (χ0n) is 3.08. The van der Waals surface area contributed by atoms with Crippen LogP contribution < -0.4 is 5.73 Å². The fourth-order valence-corrected chi connectivity index (χ4v) is 0.518. The summed E-state index contributed by atoms with van der Waals surface area (Å²) in [5, 5.41) is 0. The monoisotopic (exact) mass is 185 g/mol. The van der Waals surface area contributed by atoms with E-state index in [9.17, 15) is 0 Å². The average Bonchev–Trinajstić information content (AvgIpc) is 1.41. The van der Waals surface area contributed by atoms with Crippen LogP contribution >= 0.6 is 22.6 Å². The van der Waals surface area contributed by atoms with Gasteiger partial charge < -0.3 is 5.73 Å². The summed E-state index contributed by atoms with van der Waals surface area (Å²) in [6.07, 6.45) is 1.15. The normalized spacial score (nSPS) is 8.40. The van der Waals surface area contributed by atoms with Crippen LogP contribution in [-0.4, -0.2) is 11.0 Å². The molecule has 0 aromatic rings. The van der Waals surface area contributed by atoms with Crippen LogP contribution in [0.5, 0.6) is 0 Å². The van der Waals surface area contributed by atoms with Crippen molar-refractivity contribution < 1.29 is 0 Å². The van der Waals surface area contributed by atoms with Crippen molar-refractivity contribution in [3.63, 3.8) is 0 Å². The van der Waals surface area contributed by atoms with Gasteiger partial charge in [-0.25, -0.2) is 0 Å². The maximum atomic E-state index is 5.13. The van der Waals surface area contributed by atoms with Crippen LogP contribution in [-0.2, 0) is 0 Å². The van der Waals surface area contributed by atoms with Gasteiger partial charge in [0.05, 0.1) is 0 Å². The Morgan fingerprint density at radius 2 is 2.20 bits per heavy atom. The van der Waals surface area contributed by atoms with Gasteiger partial charge in [0.1, 0.15) is 0 Å². The summed E-state index contributed by atoms with van der Waals surface area (Å²) >= 11 is 2.31. The zero-order valence-corrected chi connectivity index (χ0v) is 5.23. The van der Waals surface area contributed by atoms with Crippen molar-refractivity contribution in [2.75, 3.05) is 11.0 Å². The second kappa shape index (κ2) is 4.69. The first-order valence-electron chi connectivity index (χ1n) is 1.68. The molecular formula is C3H8IN. The Kier molecular flexibility index (Phi) is 5.34. The first-order valence-corrected chi connectivity index (χ1v) is 3.20. The van der Waals surface area contributed by atoms with Crippen molar-refractivity contribution in [2.45, 2.75) is 6.42 Å². The molecule has 0 aliphatic heterocycles. The van der Waals surface area contributed by atoms with E-state index in [1.807, 2.05) is 0 Å². The van der Waals surface area contributed by atoms with Crippen molar-refractivity contribution in [3.8, 4) is 0 Å². The molecule has 0 aliphatic rings. The van der Waals surface area contributed by atoms with Gasteiger partial charge in [0, 0.05) is 4.43 Å². The molecule has 0 saturated heterocycles. The molecule has 0 heterocycles. The lowest BCUT2D eigenvalue weighted by Crippen LogP contribution is -1.97. The predicted molar refractivity (Wildman–Crippen MR) is 32.6 cm³/mol. The van der Waals surface area contributed by atoms with Crippen molar-refractivity contribution in [1.29, 1.82) is 0 Å². The number of hydrogen-bond acceptors (Lipinski definition) is 1. The first-order chi connectivity index (χ1) is 2.41. The minimum absolute atomic E-state index is 0.836. The molecule has 0 fully saturated rings. The van der Waals surface area contributed by atoms with Crippen molar-refractivity contribution in [2.24, 2.45) is 5.73 Å². The highest BCUT2D eigenvalue weighted by atomic mass is 127. The quantitative estimate of drug-likeness (QED) is 0.499. The number of nitrogens with two attached hydrogens (primary N) is 1. The van der Waals surface area contributed by atoms with Crippen LogP contribution in [0.15, 0.2) is 0 Å². The second-order valence-corrected chi connectivity index (χ2v) is 1.91. The third-order valence-corrected chi connectivity index (χ3v) is 1.10. The lowest BCUT2D eigenvalue weighted by atomic mass is 10.5. The Labute approximate surface area is 46.1 Å². The smallest absolute Gasteiger partial charge is 0.000727 e. The fraction of sp³-hybridized carbons (Fsp3) is 1.00. The Hall–Kier alpha value is 0.690. The zero-order chi connectivity index (χ0) is 4.12. The number of alkyl halides is 1. The van der Waals surface area contributed by atoms with Gasteiger partial charge in [0.15, 0.2) is 0 Å². The molecule has 1 nitrogen and oxygen atoms in total. The van der Waals surface area contributed by atoms with Gasteiger partial charge in [-0.2, -0.15) is 0 Å². The topological polar surface area (TPSA) is 26.0 Å². The number of rotatable bonds is 2. The molecule has 0 radical (unpaired) electrons. The van der Waals surface area contributed by atoms with Crippen LogP contribution in [0.25, 0.3) is 0 Å². The van der Waals surface area contributed by atoms with E-state index < -0.39 is 0 Å². The largest absolute Gasteiger partial charge is 0.330 e. The van der Waals surface area contributed by atoms with Gasteiger partial charge in [-0.05, 0) is 13.0 Å². The third kappa shape index (κ3) is 4.69. The minimum atomic E-state index is 0.836. The maximum absolute atomic E-state index is 5.13. The summed E-state index contributed by atoms with van der Waals surface area (Å²) in [5.41, 5.74) is 5.13. The van der Waals surface area contributed by atoms with Crippen LogP contribution in [0.1, 0.15) is 6.42 Å². The molecule has 0 aromatic heterocycles. The van der Waals surface area contributed by atoms with Gasteiger partial charge in [0.2, 0.25) is 0 Å². The molecule has 5 heavy (non-hydrogen) atoms. The van der Waals surface area contributed by atoms with Gasteiger partial charge in [-0.15, -0.1) is 0 Å². The molecule has 0 spiro atoms. The molecule has 0 rings (SSSR count). The molecule has 0 saturated carbocycles. The van der Waals surface area contributed by atoms with Crippen molar-refractivity contribution >= 4 is 22.6 Å². The molecular weight excluding hydrogens is 177 g/mol. The molecule has 2 N–H and O–H groups in total. The summed E-state index contributed by atoms with van der Waals surface area (Å²) in [6, 6.07) is 0. The maximum Gasteiger partial charge on any atom is 0.000727 e. The van der Waals surface area contributed by atoms with E-state index >= 15 is 0 Å². The lowest BCUT2D eigenvalue weighted by Gasteiger charge is -1.78. The molecule has 0 amide bonds. The first kappa shape index (κ1) is 5.69. The predicted octanol–water partition coefficient (Wildman–Crippen LogP) is 0.770. The molecule has 32 valence electrons. The van der Waals surface area contributed by atoms with E-state index in [-0.39, 0.29) is 0 Å².